The van der Waals surface area contributed by atoms with Crippen molar-refractivity contribution < 1.29 is 14.3 Å². The van der Waals surface area contributed by atoms with E-state index in [2.05, 4.69) is 10.3 Å². The maximum atomic E-state index is 12.9. The molecule has 1 saturated heterocycles. The van der Waals surface area contributed by atoms with E-state index in [1.807, 2.05) is 29.3 Å². The number of carbonyl (C=O) groups excluding carboxylic acids is 1. The number of amides is 1. The highest BCUT2D eigenvalue weighted by molar-refractivity contribution is 5.80. The van der Waals surface area contributed by atoms with Gasteiger partial charge in [-0.2, -0.15) is 0 Å². The smallest absolute Gasteiger partial charge is 0.227 e. The molecule has 1 atom stereocenters. The Hall–Kier alpha value is -2.67. The van der Waals surface area contributed by atoms with Gasteiger partial charge in [-0.05, 0) is 37.6 Å². The number of nitrogens with one attached hydrogen (secondary N) is 1. The zero-order chi connectivity index (χ0) is 20.2. The second-order valence-corrected chi connectivity index (χ2v) is 7.62. The van der Waals surface area contributed by atoms with Crippen molar-refractivity contribution in [2.75, 3.05) is 27.3 Å². The lowest BCUT2D eigenvalue weighted by Gasteiger charge is -2.29. The van der Waals surface area contributed by atoms with Crippen LogP contribution in [-0.4, -0.2) is 48.1 Å². The summed E-state index contributed by atoms with van der Waals surface area (Å²) in [5.41, 5.74) is 2.95. The molecule has 1 N–H and O–H groups in total. The molecule has 154 valence electrons. The molecule has 1 aromatic heterocycles. The average Bonchev–Trinajstić information content (AvgIpc) is 2.78. The summed E-state index contributed by atoms with van der Waals surface area (Å²) in [5, 5.41) is 3.50. The predicted octanol–water partition coefficient (Wildman–Crippen LogP) is 2.44. The first kappa shape index (κ1) is 19.6. The summed E-state index contributed by atoms with van der Waals surface area (Å²) >= 11 is 0. The monoisotopic (exact) mass is 396 g/mol. The lowest BCUT2D eigenvalue weighted by molar-refractivity contribution is -0.131. The van der Waals surface area contributed by atoms with Crippen LogP contribution in [0, 0.1) is 0 Å². The van der Waals surface area contributed by atoms with E-state index < -0.39 is 0 Å². The molecule has 2 aliphatic rings. The quantitative estimate of drug-likeness (QED) is 0.837. The molecular weight excluding hydrogens is 368 g/mol. The Kier molecular flexibility index (Phi) is 5.94. The van der Waals surface area contributed by atoms with Gasteiger partial charge in [0, 0.05) is 36.8 Å². The van der Waals surface area contributed by atoms with Crippen LogP contribution < -0.4 is 14.8 Å². The van der Waals surface area contributed by atoms with Gasteiger partial charge in [0.1, 0.15) is 17.3 Å². The highest BCUT2D eigenvalue weighted by atomic mass is 16.5. The minimum atomic E-state index is 0.0697. The molecule has 2 aromatic rings. The Labute approximate surface area is 171 Å². The van der Waals surface area contributed by atoms with Crippen LogP contribution in [0.2, 0.25) is 0 Å². The van der Waals surface area contributed by atoms with Gasteiger partial charge in [0.2, 0.25) is 5.91 Å². The van der Waals surface area contributed by atoms with E-state index in [0.717, 1.165) is 47.8 Å². The SMILES string of the molecule is COc1ccc(OC)c(CC(=O)N2CCc3nc([C@H]4CCCCN4)ncc3C2)c1. The second-order valence-electron chi connectivity index (χ2n) is 7.62. The standard InChI is InChI=1S/C22H28N4O3/c1-28-17-6-7-20(29-2)15(11-17)12-21(27)26-10-8-18-16(14-26)13-24-22(25-18)19-5-3-4-9-23-19/h6-7,11,13,19,23H,3-5,8-10,12,14H2,1-2H3/t19-/m1/s1. The topological polar surface area (TPSA) is 76.6 Å². The Morgan fingerprint density at radius 1 is 1.28 bits per heavy atom. The van der Waals surface area contributed by atoms with Crippen molar-refractivity contribution in [3.63, 3.8) is 0 Å². The molecule has 0 radical (unpaired) electrons. The Balaban J connectivity index is 1.45. The number of rotatable bonds is 5. The number of fused-ring (bicyclic) bond motifs is 1. The molecule has 1 fully saturated rings. The summed E-state index contributed by atoms with van der Waals surface area (Å²) < 4.78 is 10.7. The van der Waals surface area contributed by atoms with Crippen molar-refractivity contribution in [1.29, 1.82) is 0 Å². The van der Waals surface area contributed by atoms with E-state index in [9.17, 15) is 4.79 Å². The average molecular weight is 396 g/mol. The Morgan fingerprint density at radius 3 is 2.93 bits per heavy atom. The van der Waals surface area contributed by atoms with Gasteiger partial charge < -0.3 is 19.7 Å². The first-order chi connectivity index (χ1) is 14.2. The fourth-order valence-electron chi connectivity index (χ4n) is 4.08. The molecule has 2 aliphatic heterocycles. The van der Waals surface area contributed by atoms with Crippen molar-refractivity contribution in [3.8, 4) is 11.5 Å². The van der Waals surface area contributed by atoms with Gasteiger partial charge in [-0.3, -0.25) is 4.79 Å². The van der Waals surface area contributed by atoms with Gasteiger partial charge in [0.15, 0.2) is 0 Å². The number of hydrogen-bond donors (Lipinski definition) is 1. The van der Waals surface area contributed by atoms with Crippen LogP contribution >= 0.6 is 0 Å². The highest BCUT2D eigenvalue weighted by Crippen LogP contribution is 2.27. The third kappa shape index (κ3) is 4.34. The van der Waals surface area contributed by atoms with E-state index in [0.29, 0.717) is 18.8 Å². The van der Waals surface area contributed by atoms with Crippen molar-refractivity contribution >= 4 is 5.91 Å². The number of benzene rings is 1. The number of methoxy groups -OCH3 is 2. The third-order valence-electron chi connectivity index (χ3n) is 5.76. The van der Waals surface area contributed by atoms with Gasteiger partial charge in [-0.1, -0.05) is 6.42 Å². The minimum absolute atomic E-state index is 0.0697. The van der Waals surface area contributed by atoms with Crippen LogP contribution in [0.3, 0.4) is 0 Å². The summed E-state index contributed by atoms with van der Waals surface area (Å²) in [7, 11) is 3.23. The van der Waals surface area contributed by atoms with Crippen LogP contribution in [0.5, 0.6) is 11.5 Å². The molecule has 3 heterocycles. The van der Waals surface area contributed by atoms with Gasteiger partial charge in [0.25, 0.3) is 0 Å². The molecule has 0 unspecified atom stereocenters. The molecule has 4 rings (SSSR count). The number of carbonyl (C=O) groups is 1. The highest BCUT2D eigenvalue weighted by Gasteiger charge is 2.25. The number of ether oxygens (including phenoxy) is 2. The maximum absolute atomic E-state index is 12.9. The van der Waals surface area contributed by atoms with Crippen LogP contribution in [0.25, 0.3) is 0 Å². The lowest BCUT2D eigenvalue weighted by atomic mass is 10.0. The maximum Gasteiger partial charge on any atom is 0.227 e. The van der Waals surface area contributed by atoms with Crippen molar-refractivity contribution in [3.05, 3.63) is 47.0 Å². The second kappa shape index (κ2) is 8.78. The fourth-order valence-corrected chi connectivity index (χ4v) is 4.08. The third-order valence-corrected chi connectivity index (χ3v) is 5.76. The predicted molar refractivity (Wildman–Crippen MR) is 109 cm³/mol. The molecule has 1 aromatic carbocycles. The van der Waals surface area contributed by atoms with Crippen LogP contribution in [0.1, 0.15) is 47.9 Å². The molecule has 7 nitrogen and oxygen atoms in total. The molecule has 0 aliphatic carbocycles. The van der Waals surface area contributed by atoms with E-state index in [4.69, 9.17) is 14.5 Å². The molecule has 0 spiro atoms. The number of piperidine rings is 1. The fraction of sp³-hybridized carbons (Fsp3) is 0.500. The van der Waals surface area contributed by atoms with E-state index in [1.54, 1.807) is 14.2 Å². The summed E-state index contributed by atoms with van der Waals surface area (Å²) in [6.45, 7) is 2.26. The molecular formula is C22H28N4O3. The van der Waals surface area contributed by atoms with Crippen molar-refractivity contribution in [2.24, 2.45) is 0 Å². The largest absolute Gasteiger partial charge is 0.497 e. The minimum Gasteiger partial charge on any atom is -0.497 e. The normalized spacial score (nSPS) is 18.8. The molecule has 29 heavy (non-hydrogen) atoms. The number of hydrogen-bond acceptors (Lipinski definition) is 6. The Bertz CT molecular complexity index is 880. The molecule has 0 bridgehead atoms. The number of nitrogens with zero attached hydrogens (tertiary/aromatic N) is 3. The van der Waals surface area contributed by atoms with Crippen molar-refractivity contribution in [1.82, 2.24) is 20.2 Å². The summed E-state index contributed by atoms with van der Waals surface area (Å²) in [6, 6.07) is 5.79. The first-order valence-corrected chi connectivity index (χ1v) is 10.2. The van der Waals surface area contributed by atoms with Crippen LogP contribution in [0.15, 0.2) is 24.4 Å². The van der Waals surface area contributed by atoms with Gasteiger partial charge in [0.05, 0.1) is 32.4 Å². The Morgan fingerprint density at radius 2 is 2.17 bits per heavy atom. The first-order valence-electron chi connectivity index (χ1n) is 10.2. The number of aromatic nitrogens is 2. The lowest BCUT2D eigenvalue weighted by Crippen LogP contribution is -2.38. The van der Waals surface area contributed by atoms with E-state index in [1.165, 1.54) is 12.8 Å². The van der Waals surface area contributed by atoms with Gasteiger partial charge >= 0.3 is 0 Å². The molecule has 1 amide bonds. The summed E-state index contributed by atoms with van der Waals surface area (Å²) in [5.74, 6) is 2.38. The van der Waals surface area contributed by atoms with Gasteiger partial charge in [-0.15, -0.1) is 0 Å². The zero-order valence-electron chi connectivity index (χ0n) is 17.1. The van der Waals surface area contributed by atoms with Crippen LogP contribution in [0.4, 0.5) is 0 Å². The summed E-state index contributed by atoms with van der Waals surface area (Å²) in [6.07, 6.45) is 6.47. The summed E-state index contributed by atoms with van der Waals surface area (Å²) in [4.78, 5) is 24.2. The van der Waals surface area contributed by atoms with E-state index >= 15 is 0 Å². The van der Waals surface area contributed by atoms with E-state index in [-0.39, 0.29) is 18.4 Å². The zero-order valence-corrected chi connectivity index (χ0v) is 17.1. The van der Waals surface area contributed by atoms with Crippen LogP contribution in [-0.2, 0) is 24.2 Å². The molecule has 0 saturated carbocycles. The molecule has 7 heteroatoms. The van der Waals surface area contributed by atoms with Gasteiger partial charge in [-0.25, -0.2) is 9.97 Å². The van der Waals surface area contributed by atoms with Crippen molar-refractivity contribution in [2.45, 2.75) is 44.7 Å².